The van der Waals surface area contributed by atoms with E-state index in [1.807, 2.05) is 0 Å². The highest BCUT2D eigenvalue weighted by Crippen LogP contribution is 2.30. The molecule has 0 bridgehead atoms. The fourth-order valence-electron chi connectivity index (χ4n) is 2.69. The highest BCUT2D eigenvalue weighted by molar-refractivity contribution is 6.65. The van der Waals surface area contributed by atoms with E-state index >= 15 is 0 Å². The minimum atomic E-state index is -0.804. The summed E-state index contributed by atoms with van der Waals surface area (Å²) in [6, 6.07) is 9.60. The van der Waals surface area contributed by atoms with E-state index in [4.69, 9.17) is 45.9 Å². The third kappa shape index (κ3) is 4.11. The lowest BCUT2D eigenvalue weighted by atomic mass is 10.0. The monoisotopic (exact) mass is 437 g/mol. The van der Waals surface area contributed by atoms with Crippen LogP contribution < -0.4 is 11.2 Å². The Kier molecular flexibility index (Phi) is 5.88. The zero-order valence-electron chi connectivity index (χ0n) is 14.3. The number of carbonyl (C=O) groups excluding carboxylic acids is 2. The van der Waals surface area contributed by atoms with Gasteiger partial charge in [0, 0.05) is 17.1 Å². The van der Waals surface area contributed by atoms with Gasteiger partial charge in [0.1, 0.15) is 6.67 Å². The average molecular weight is 439 g/mol. The summed E-state index contributed by atoms with van der Waals surface area (Å²) in [6.45, 7) is 0.420. The fourth-order valence-corrected chi connectivity index (χ4v) is 3.52. The van der Waals surface area contributed by atoms with Crippen molar-refractivity contribution < 1.29 is 9.59 Å². The number of hydrazone groups is 1. The maximum atomic E-state index is 12.7. The molecule has 2 aromatic carbocycles. The SMILES string of the molecule is N=C1C(C(N)=O)=NNCN1Cc1cc(Cl)c(C(=O)c2ccc(Cl)cc2)c(Cl)c1. The van der Waals surface area contributed by atoms with E-state index in [2.05, 4.69) is 10.5 Å². The first-order valence-corrected chi connectivity index (χ1v) is 9.13. The summed E-state index contributed by atoms with van der Waals surface area (Å²) in [6.07, 6.45) is 0. The third-order valence-corrected chi connectivity index (χ3v) is 4.88. The van der Waals surface area contributed by atoms with Crippen molar-refractivity contribution in [2.75, 3.05) is 6.67 Å². The second kappa shape index (κ2) is 8.18. The van der Waals surface area contributed by atoms with Gasteiger partial charge in [0.15, 0.2) is 17.3 Å². The Labute approximate surface area is 175 Å². The Morgan fingerprint density at radius 3 is 2.32 bits per heavy atom. The predicted molar refractivity (Wildman–Crippen MR) is 109 cm³/mol. The normalized spacial score (nSPS) is 13.8. The minimum absolute atomic E-state index is 0.111. The van der Waals surface area contributed by atoms with Crippen LogP contribution in [0.4, 0.5) is 0 Å². The zero-order valence-corrected chi connectivity index (χ0v) is 16.6. The summed E-state index contributed by atoms with van der Waals surface area (Å²) in [7, 11) is 0. The number of hydrogen-bond donors (Lipinski definition) is 3. The van der Waals surface area contributed by atoms with Crippen molar-refractivity contribution in [3.8, 4) is 0 Å². The maximum Gasteiger partial charge on any atom is 0.272 e. The van der Waals surface area contributed by atoms with Crippen LogP contribution in [0.1, 0.15) is 21.5 Å². The van der Waals surface area contributed by atoms with E-state index in [1.165, 1.54) is 4.90 Å². The number of benzene rings is 2. The van der Waals surface area contributed by atoms with Gasteiger partial charge in [-0.1, -0.05) is 34.8 Å². The molecule has 0 aliphatic carbocycles. The van der Waals surface area contributed by atoms with Gasteiger partial charge in [0.2, 0.25) is 0 Å². The first-order valence-electron chi connectivity index (χ1n) is 8.00. The first kappa shape index (κ1) is 20.1. The van der Waals surface area contributed by atoms with Crippen molar-refractivity contribution in [2.45, 2.75) is 6.54 Å². The smallest absolute Gasteiger partial charge is 0.272 e. The van der Waals surface area contributed by atoms with Gasteiger partial charge in [-0.25, -0.2) is 0 Å². The molecule has 7 nitrogen and oxygen atoms in total. The summed E-state index contributed by atoms with van der Waals surface area (Å²) in [4.78, 5) is 25.6. The van der Waals surface area contributed by atoms with E-state index in [0.29, 0.717) is 16.1 Å². The van der Waals surface area contributed by atoms with Crippen molar-refractivity contribution >= 4 is 58.0 Å². The second-order valence-electron chi connectivity index (χ2n) is 5.96. The molecule has 10 heteroatoms. The van der Waals surface area contributed by atoms with Gasteiger partial charge in [0.05, 0.1) is 15.6 Å². The molecule has 0 unspecified atom stereocenters. The lowest BCUT2D eigenvalue weighted by Gasteiger charge is -2.28. The van der Waals surface area contributed by atoms with Crippen LogP contribution in [0.2, 0.25) is 15.1 Å². The van der Waals surface area contributed by atoms with Crippen LogP contribution in [0.25, 0.3) is 0 Å². The predicted octanol–water partition coefficient (Wildman–Crippen LogP) is 3.06. The molecule has 2 aromatic rings. The summed E-state index contributed by atoms with van der Waals surface area (Å²) in [5.41, 5.74) is 8.93. The van der Waals surface area contributed by atoms with Crippen LogP contribution in [0.15, 0.2) is 41.5 Å². The zero-order chi connectivity index (χ0) is 20.4. The van der Waals surface area contributed by atoms with Crippen LogP contribution in [0.3, 0.4) is 0 Å². The van der Waals surface area contributed by atoms with Crippen LogP contribution in [-0.4, -0.2) is 34.8 Å². The van der Waals surface area contributed by atoms with Crippen LogP contribution in [-0.2, 0) is 11.3 Å². The Morgan fingerprint density at radius 1 is 1.14 bits per heavy atom. The highest BCUT2D eigenvalue weighted by atomic mass is 35.5. The topological polar surface area (TPSA) is 112 Å². The summed E-state index contributed by atoms with van der Waals surface area (Å²) in [5.74, 6) is -1.24. The van der Waals surface area contributed by atoms with E-state index in [1.54, 1.807) is 36.4 Å². The molecular weight excluding hydrogens is 425 g/mol. The molecule has 3 rings (SSSR count). The largest absolute Gasteiger partial charge is 0.364 e. The fraction of sp³-hybridized carbons (Fsp3) is 0.111. The number of nitrogens with two attached hydrogens (primary N) is 1. The van der Waals surface area contributed by atoms with Crippen molar-refractivity contribution in [3.05, 3.63) is 68.2 Å². The molecule has 144 valence electrons. The molecule has 0 atom stereocenters. The van der Waals surface area contributed by atoms with Gasteiger partial charge in [0.25, 0.3) is 5.91 Å². The van der Waals surface area contributed by atoms with Crippen molar-refractivity contribution in [1.82, 2.24) is 10.3 Å². The molecule has 0 saturated carbocycles. The number of amidine groups is 1. The number of halogens is 3. The molecule has 0 aromatic heterocycles. The molecule has 0 spiro atoms. The molecule has 1 aliphatic rings. The number of ketones is 1. The van der Waals surface area contributed by atoms with E-state index < -0.39 is 5.91 Å². The number of primary amides is 1. The molecule has 1 heterocycles. The van der Waals surface area contributed by atoms with Gasteiger partial charge in [-0.15, -0.1) is 0 Å². The Morgan fingerprint density at radius 2 is 1.75 bits per heavy atom. The van der Waals surface area contributed by atoms with Crippen LogP contribution in [0.5, 0.6) is 0 Å². The summed E-state index contributed by atoms with van der Waals surface area (Å²) in [5, 5.41) is 12.7. The molecule has 1 amide bonds. The van der Waals surface area contributed by atoms with E-state index in [-0.39, 0.29) is 46.2 Å². The first-order chi connectivity index (χ1) is 13.3. The molecule has 0 radical (unpaired) electrons. The number of rotatable bonds is 5. The third-order valence-electron chi connectivity index (χ3n) is 4.04. The molecule has 1 aliphatic heterocycles. The second-order valence-corrected chi connectivity index (χ2v) is 7.21. The molecule has 0 saturated heterocycles. The van der Waals surface area contributed by atoms with Crippen molar-refractivity contribution in [3.63, 3.8) is 0 Å². The van der Waals surface area contributed by atoms with Crippen LogP contribution >= 0.6 is 34.8 Å². The van der Waals surface area contributed by atoms with Crippen molar-refractivity contribution in [2.24, 2.45) is 10.8 Å². The molecule has 0 fully saturated rings. The maximum absolute atomic E-state index is 12.7. The lowest BCUT2D eigenvalue weighted by molar-refractivity contribution is -0.111. The average Bonchev–Trinajstić information content (AvgIpc) is 2.63. The minimum Gasteiger partial charge on any atom is -0.364 e. The van der Waals surface area contributed by atoms with Gasteiger partial charge in [-0.3, -0.25) is 20.4 Å². The Hall–Kier alpha value is -2.61. The van der Waals surface area contributed by atoms with E-state index in [9.17, 15) is 9.59 Å². The standard InChI is InChI=1S/C18H14Cl3N5O2/c19-11-3-1-10(2-4-11)16(27)14-12(20)5-9(6-13(14)21)7-26-8-24-25-15(17(26)22)18(23)28/h1-6,22,24H,7-8H2,(H2,23,28). The number of nitrogens with one attached hydrogen (secondary N) is 2. The number of hydrogen-bond acceptors (Lipinski definition) is 5. The Bertz CT molecular complexity index is 982. The van der Waals surface area contributed by atoms with Gasteiger partial charge >= 0.3 is 0 Å². The summed E-state index contributed by atoms with van der Waals surface area (Å²) >= 11 is 18.5. The lowest BCUT2D eigenvalue weighted by Crippen LogP contribution is -2.49. The number of nitrogens with zero attached hydrogens (tertiary/aromatic N) is 2. The Balaban J connectivity index is 1.85. The van der Waals surface area contributed by atoms with Gasteiger partial charge in [-0.05, 0) is 42.0 Å². The number of carbonyl (C=O) groups is 2. The summed E-state index contributed by atoms with van der Waals surface area (Å²) < 4.78 is 0. The van der Waals surface area contributed by atoms with Gasteiger partial charge in [-0.2, -0.15) is 5.10 Å². The number of amides is 1. The highest BCUT2D eigenvalue weighted by Gasteiger charge is 2.25. The van der Waals surface area contributed by atoms with Crippen LogP contribution in [0, 0.1) is 5.41 Å². The van der Waals surface area contributed by atoms with E-state index in [0.717, 1.165) is 0 Å². The molecular formula is C18H14Cl3N5O2. The molecule has 28 heavy (non-hydrogen) atoms. The quantitative estimate of drug-likeness (QED) is 0.623. The van der Waals surface area contributed by atoms with Crippen molar-refractivity contribution in [1.29, 1.82) is 5.41 Å². The molecule has 4 N–H and O–H groups in total. The van der Waals surface area contributed by atoms with Gasteiger partial charge < -0.3 is 10.6 Å².